The summed E-state index contributed by atoms with van der Waals surface area (Å²) >= 11 is 0. The van der Waals surface area contributed by atoms with Gasteiger partial charge in [-0.15, -0.1) is 0 Å². The van der Waals surface area contributed by atoms with Gasteiger partial charge < -0.3 is 8.98 Å². The molecule has 2 heterocycles. The second kappa shape index (κ2) is 7.72. The van der Waals surface area contributed by atoms with Crippen LogP contribution in [0.25, 0.3) is 71.7 Å². The number of hydrogen-bond donors (Lipinski definition) is 0. The molecule has 0 atom stereocenters. The molecule has 1 aliphatic rings. The van der Waals surface area contributed by atoms with Crippen LogP contribution in [0.5, 0.6) is 0 Å². The summed E-state index contributed by atoms with van der Waals surface area (Å²) in [5.41, 5.74) is 13.4. The van der Waals surface area contributed by atoms with Crippen molar-refractivity contribution in [2.24, 2.45) is 0 Å². The minimum Gasteiger partial charge on any atom is -0.456 e. The molecule has 0 unspecified atom stereocenters. The predicted molar refractivity (Wildman–Crippen MR) is 162 cm³/mol. The van der Waals surface area contributed by atoms with Crippen molar-refractivity contribution in [2.75, 3.05) is 0 Å². The number of nitrogens with zero attached hydrogens (tertiary/aromatic N) is 1. The van der Waals surface area contributed by atoms with E-state index in [1.165, 1.54) is 60.6 Å². The average molecular weight is 498 g/mol. The van der Waals surface area contributed by atoms with Gasteiger partial charge in [0.15, 0.2) is 0 Å². The third-order valence-electron chi connectivity index (χ3n) is 8.46. The molecule has 8 aromatic rings. The van der Waals surface area contributed by atoms with Crippen LogP contribution in [0.4, 0.5) is 0 Å². The molecule has 6 aromatic carbocycles. The molecule has 0 aliphatic heterocycles. The highest BCUT2D eigenvalue weighted by Crippen LogP contribution is 2.45. The Kier molecular flexibility index (Phi) is 4.14. The van der Waals surface area contributed by atoms with Gasteiger partial charge in [-0.2, -0.15) is 0 Å². The Hall–Kier alpha value is -5.08. The Labute approximate surface area is 225 Å². The highest BCUT2D eigenvalue weighted by Gasteiger charge is 2.23. The van der Waals surface area contributed by atoms with E-state index in [0.29, 0.717) is 0 Å². The molecular weight excluding hydrogens is 474 g/mol. The fourth-order valence-corrected chi connectivity index (χ4v) is 6.79. The molecule has 0 amide bonds. The summed E-state index contributed by atoms with van der Waals surface area (Å²) in [7, 11) is 0. The van der Waals surface area contributed by atoms with Crippen LogP contribution in [0.1, 0.15) is 11.1 Å². The van der Waals surface area contributed by atoms with Crippen LogP contribution in [0.15, 0.2) is 132 Å². The summed E-state index contributed by atoms with van der Waals surface area (Å²) in [4.78, 5) is 0. The molecule has 0 fully saturated rings. The Morgan fingerprint density at radius 1 is 0.487 bits per heavy atom. The number of aromatic nitrogens is 1. The molecule has 182 valence electrons. The van der Waals surface area contributed by atoms with Gasteiger partial charge in [0.2, 0.25) is 0 Å². The number of furan rings is 1. The molecule has 0 radical (unpaired) electrons. The maximum Gasteiger partial charge on any atom is 0.137 e. The van der Waals surface area contributed by atoms with Crippen LogP contribution in [-0.4, -0.2) is 4.57 Å². The van der Waals surface area contributed by atoms with Gasteiger partial charge in [-0.05, 0) is 70.1 Å². The van der Waals surface area contributed by atoms with Gasteiger partial charge in [-0.1, -0.05) is 91.0 Å². The van der Waals surface area contributed by atoms with E-state index >= 15 is 0 Å². The predicted octanol–water partition coefficient (Wildman–Crippen LogP) is 9.92. The van der Waals surface area contributed by atoms with Crippen molar-refractivity contribution in [1.29, 1.82) is 0 Å². The lowest BCUT2D eigenvalue weighted by atomic mass is 9.93. The van der Waals surface area contributed by atoms with Crippen molar-refractivity contribution >= 4 is 43.7 Å². The Balaban J connectivity index is 1.28. The van der Waals surface area contributed by atoms with E-state index in [-0.39, 0.29) is 0 Å². The van der Waals surface area contributed by atoms with Crippen molar-refractivity contribution in [2.45, 2.75) is 6.42 Å². The molecule has 1 aliphatic carbocycles. The van der Waals surface area contributed by atoms with Crippen LogP contribution in [-0.2, 0) is 6.42 Å². The fourth-order valence-electron chi connectivity index (χ4n) is 6.79. The number of benzene rings is 6. The summed E-state index contributed by atoms with van der Waals surface area (Å²) in [6.45, 7) is 0. The summed E-state index contributed by atoms with van der Waals surface area (Å²) in [6, 6.07) is 45.9. The van der Waals surface area contributed by atoms with E-state index in [1.54, 1.807) is 0 Å². The van der Waals surface area contributed by atoms with Crippen LogP contribution in [0, 0.1) is 0 Å². The first-order valence-electron chi connectivity index (χ1n) is 13.5. The summed E-state index contributed by atoms with van der Waals surface area (Å²) in [5, 5.41) is 4.86. The molecule has 0 saturated carbocycles. The van der Waals surface area contributed by atoms with Crippen molar-refractivity contribution < 1.29 is 4.42 Å². The van der Waals surface area contributed by atoms with E-state index in [0.717, 1.165) is 28.7 Å². The first-order valence-corrected chi connectivity index (χ1v) is 13.5. The quantitative estimate of drug-likeness (QED) is 0.232. The summed E-state index contributed by atoms with van der Waals surface area (Å²) < 4.78 is 8.89. The van der Waals surface area contributed by atoms with Crippen LogP contribution >= 0.6 is 0 Å². The fraction of sp³-hybridized carbons (Fsp3) is 0.0270. The maximum atomic E-state index is 6.55. The van der Waals surface area contributed by atoms with Crippen LogP contribution in [0.3, 0.4) is 0 Å². The topological polar surface area (TPSA) is 18.1 Å². The Morgan fingerprint density at radius 3 is 1.95 bits per heavy atom. The Bertz CT molecular complexity index is 2210. The van der Waals surface area contributed by atoms with E-state index in [2.05, 4.69) is 132 Å². The van der Waals surface area contributed by atoms with Crippen molar-refractivity contribution in [3.05, 3.63) is 139 Å². The van der Waals surface area contributed by atoms with E-state index in [9.17, 15) is 0 Å². The zero-order valence-electron chi connectivity index (χ0n) is 21.2. The molecule has 0 bridgehead atoms. The Morgan fingerprint density at radius 2 is 1.13 bits per heavy atom. The average Bonchev–Trinajstić information content (AvgIpc) is 3.66. The lowest BCUT2D eigenvalue weighted by Gasteiger charge is -2.11. The van der Waals surface area contributed by atoms with Crippen molar-refractivity contribution in [1.82, 2.24) is 4.57 Å². The van der Waals surface area contributed by atoms with Gasteiger partial charge in [0.1, 0.15) is 11.2 Å². The largest absolute Gasteiger partial charge is 0.456 e. The smallest absolute Gasteiger partial charge is 0.137 e. The van der Waals surface area contributed by atoms with Gasteiger partial charge in [-0.3, -0.25) is 0 Å². The SMILES string of the molecule is c1ccc2c(c1)Cc1c-2cccc1-c1cccc2oc3cc(-n4c5ccccc5c5ccccc54)ccc3c12. The molecule has 2 aromatic heterocycles. The number of hydrogen-bond acceptors (Lipinski definition) is 1. The summed E-state index contributed by atoms with van der Waals surface area (Å²) in [5.74, 6) is 0. The van der Waals surface area contributed by atoms with E-state index < -0.39 is 0 Å². The molecule has 0 saturated heterocycles. The van der Waals surface area contributed by atoms with Gasteiger partial charge in [0.05, 0.1) is 11.0 Å². The minimum atomic E-state index is 0.910. The second-order valence-corrected chi connectivity index (χ2v) is 10.5. The minimum absolute atomic E-state index is 0.910. The van der Waals surface area contributed by atoms with Crippen molar-refractivity contribution in [3.8, 4) is 27.9 Å². The second-order valence-electron chi connectivity index (χ2n) is 10.5. The first-order chi connectivity index (χ1) is 19.3. The third kappa shape index (κ3) is 2.86. The van der Waals surface area contributed by atoms with Gasteiger partial charge in [-0.25, -0.2) is 0 Å². The van der Waals surface area contributed by atoms with Crippen molar-refractivity contribution in [3.63, 3.8) is 0 Å². The van der Waals surface area contributed by atoms with E-state index in [1.807, 2.05) is 0 Å². The maximum absolute atomic E-state index is 6.55. The lowest BCUT2D eigenvalue weighted by Crippen LogP contribution is -1.93. The molecular formula is C37H23NO. The standard InChI is InChI=1S/C37H23NO/c1-2-10-25-23(9-1)21-32-26(25)13-7-14-27(32)30-15-8-18-35-37(30)31-20-19-24(22-36(31)39-35)38-33-16-5-3-11-28(33)29-12-4-6-17-34(29)38/h1-20,22H,21H2. The van der Waals surface area contributed by atoms with Crippen LogP contribution < -0.4 is 0 Å². The first kappa shape index (κ1) is 20.9. The lowest BCUT2D eigenvalue weighted by molar-refractivity contribution is 0.668. The zero-order valence-corrected chi connectivity index (χ0v) is 21.2. The number of para-hydroxylation sites is 2. The van der Waals surface area contributed by atoms with E-state index in [4.69, 9.17) is 4.42 Å². The molecule has 0 spiro atoms. The van der Waals surface area contributed by atoms with Gasteiger partial charge in [0, 0.05) is 33.3 Å². The monoisotopic (exact) mass is 497 g/mol. The van der Waals surface area contributed by atoms with Gasteiger partial charge >= 0.3 is 0 Å². The normalized spacial score (nSPS) is 12.5. The molecule has 9 rings (SSSR count). The van der Waals surface area contributed by atoms with Crippen LogP contribution in [0.2, 0.25) is 0 Å². The van der Waals surface area contributed by atoms with Gasteiger partial charge in [0.25, 0.3) is 0 Å². The molecule has 2 nitrogen and oxygen atoms in total. The zero-order chi connectivity index (χ0) is 25.5. The summed E-state index contributed by atoms with van der Waals surface area (Å²) in [6.07, 6.45) is 0.964. The molecule has 2 heteroatoms. The highest BCUT2D eigenvalue weighted by molar-refractivity contribution is 6.14. The number of rotatable bonds is 2. The highest BCUT2D eigenvalue weighted by atomic mass is 16.3. The molecule has 0 N–H and O–H groups in total. The molecule has 39 heavy (non-hydrogen) atoms. The third-order valence-corrected chi connectivity index (χ3v) is 8.46. The number of fused-ring (bicyclic) bond motifs is 9.